The van der Waals surface area contributed by atoms with Crippen LogP contribution in [0, 0.1) is 6.92 Å². The molecule has 0 saturated carbocycles. The van der Waals surface area contributed by atoms with Gasteiger partial charge in [0.2, 0.25) is 0 Å². The van der Waals surface area contributed by atoms with E-state index in [9.17, 15) is 9.90 Å². The van der Waals surface area contributed by atoms with Crippen LogP contribution in [-0.2, 0) is 26.6 Å². The number of aromatic hydroxyl groups is 1. The molecule has 0 atom stereocenters. The molecule has 0 aliphatic carbocycles. The standard InChI is InChI=1S/C23H29NO5S/c1-3-28-23(26)15-29-22-5-4-21(10-17(22)2)30-16-19-11-18(12-20(25)13-19)14-24-6-8-27-9-7-24/h4-5,10-13,25H,3,6-9,14-16H2,1-2H3. The lowest BCUT2D eigenvalue weighted by Gasteiger charge is -2.26. The second-order valence-electron chi connectivity index (χ2n) is 7.21. The van der Waals surface area contributed by atoms with Crippen molar-refractivity contribution in [1.29, 1.82) is 0 Å². The number of morpholine rings is 1. The van der Waals surface area contributed by atoms with E-state index in [0.29, 0.717) is 18.1 Å². The van der Waals surface area contributed by atoms with Gasteiger partial charge >= 0.3 is 5.97 Å². The van der Waals surface area contributed by atoms with Crippen LogP contribution in [0.15, 0.2) is 41.3 Å². The zero-order valence-corrected chi connectivity index (χ0v) is 18.4. The lowest BCUT2D eigenvalue weighted by Crippen LogP contribution is -2.35. The Morgan fingerprint density at radius 1 is 1.17 bits per heavy atom. The number of benzene rings is 2. The van der Waals surface area contributed by atoms with Gasteiger partial charge in [-0.05, 0) is 60.9 Å². The van der Waals surface area contributed by atoms with Gasteiger partial charge in [-0.2, -0.15) is 0 Å². The summed E-state index contributed by atoms with van der Waals surface area (Å²) in [4.78, 5) is 14.9. The Bertz CT molecular complexity index is 851. The molecule has 0 unspecified atom stereocenters. The summed E-state index contributed by atoms with van der Waals surface area (Å²) in [5.74, 6) is 1.37. The first-order valence-corrected chi connectivity index (χ1v) is 11.2. The minimum absolute atomic E-state index is 0.0869. The molecule has 1 fully saturated rings. The van der Waals surface area contributed by atoms with Crippen LogP contribution in [0.25, 0.3) is 0 Å². The molecule has 3 rings (SSSR count). The zero-order chi connectivity index (χ0) is 21.3. The Balaban J connectivity index is 1.56. The highest BCUT2D eigenvalue weighted by Crippen LogP contribution is 2.29. The number of phenolic OH excluding ortho intramolecular Hbond substituents is 1. The number of esters is 1. The summed E-state index contributed by atoms with van der Waals surface area (Å²) in [5, 5.41) is 10.1. The normalized spacial score (nSPS) is 14.5. The molecular weight excluding hydrogens is 402 g/mol. The van der Waals surface area contributed by atoms with Crippen molar-refractivity contribution in [3.8, 4) is 11.5 Å². The second kappa shape index (κ2) is 11.2. The minimum atomic E-state index is -0.368. The van der Waals surface area contributed by atoms with Gasteiger partial charge in [0.25, 0.3) is 0 Å². The van der Waals surface area contributed by atoms with E-state index in [1.807, 2.05) is 37.3 Å². The Morgan fingerprint density at radius 3 is 2.67 bits per heavy atom. The van der Waals surface area contributed by atoms with Gasteiger partial charge in [0.15, 0.2) is 6.61 Å². The molecule has 0 radical (unpaired) electrons. The summed E-state index contributed by atoms with van der Waals surface area (Å²) < 4.78 is 15.8. The van der Waals surface area contributed by atoms with Crippen LogP contribution in [0.2, 0.25) is 0 Å². The molecule has 0 spiro atoms. The number of carbonyl (C=O) groups is 1. The van der Waals surface area contributed by atoms with E-state index in [4.69, 9.17) is 14.2 Å². The monoisotopic (exact) mass is 431 g/mol. The number of aryl methyl sites for hydroxylation is 1. The van der Waals surface area contributed by atoms with Gasteiger partial charge in [-0.15, -0.1) is 11.8 Å². The van der Waals surface area contributed by atoms with Gasteiger partial charge in [0.05, 0.1) is 19.8 Å². The second-order valence-corrected chi connectivity index (χ2v) is 8.25. The third-order valence-electron chi connectivity index (χ3n) is 4.75. The van der Waals surface area contributed by atoms with Crippen LogP contribution < -0.4 is 4.74 Å². The van der Waals surface area contributed by atoms with Gasteiger partial charge in [-0.25, -0.2) is 4.79 Å². The van der Waals surface area contributed by atoms with Crippen molar-refractivity contribution in [2.75, 3.05) is 39.5 Å². The molecule has 1 aliphatic rings. The third-order valence-corrected chi connectivity index (χ3v) is 5.81. The molecule has 7 heteroatoms. The van der Waals surface area contributed by atoms with Crippen molar-refractivity contribution in [3.63, 3.8) is 0 Å². The predicted molar refractivity (Wildman–Crippen MR) is 117 cm³/mol. The maximum atomic E-state index is 11.5. The van der Waals surface area contributed by atoms with E-state index >= 15 is 0 Å². The summed E-state index contributed by atoms with van der Waals surface area (Å²) in [6.07, 6.45) is 0. The van der Waals surface area contributed by atoms with Gasteiger partial charge in [0.1, 0.15) is 11.5 Å². The maximum absolute atomic E-state index is 11.5. The molecule has 1 aliphatic heterocycles. The number of thioether (sulfide) groups is 1. The highest BCUT2D eigenvalue weighted by atomic mass is 32.2. The molecule has 0 bridgehead atoms. The van der Waals surface area contributed by atoms with E-state index < -0.39 is 0 Å². The predicted octanol–water partition coefficient (Wildman–Crippen LogP) is 3.77. The molecule has 162 valence electrons. The smallest absolute Gasteiger partial charge is 0.344 e. The topological polar surface area (TPSA) is 68.2 Å². The Kier molecular flexibility index (Phi) is 8.42. The number of hydrogen-bond donors (Lipinski definition) is 1. The van der Waals surface area contributed by atoms with Crippen LogP contribution in [0.4, 0.5) is 0 Å². The van der Waals surface area contributed by atoms with Crippen molar-refractivity contribution in [2.45, 2.75) is 31.0 Å². The Morgan fingerprint density at radius 2 is 1.93 bits per heavy atom. The van der Waals surface area contributed by atoms with Crippen molar-refractivity contribution in [1.82, 2.24) is 4.90 Å². The number of hydrogen-bond acceptors (Lipinski definition) is 7. The van der Waals surface area contributed by atoms with Crippen molar-refractivity contribution < 1.29 is 24.1 Å². The first-order valence-electron chi connectivity index (χ1n) is 10.2. The van der Waals surface area contributed by atoms with Gasteiger partial charge in [-0.1, -0.05) is 6.07 Å². The zero-order valence-electron chi connectivity index (χ0n) is 17.6. The Labute approximate surface area is 182 Å². The number of phenols is 1. The van der Waals surface area contributed by atoms with Crippen molar-refractivity contribution >= 4 is 17.7 Å². The van der Waals surface area contributed by atoms with E-state index in [1.54, 1.807) is 18.7 Å². The Hall–Kier alpha value is -2.22. The van der Waals surface area contributed by atoms with Crippen LogP contribution in [0.1, 0.15) is 23.6 Å². The molecule has 0 amide bonds. The molecule has 0 aromatic heterocycles. The van der Waals surface area contributed by atoms with Crippen molar-refractivity contribution in [3.05, 3.63) is 53.1 Å². The fraction of sp³-hybridized carbons (Fsp3) is 0.435. The summed E-state index contributed by atoms with van der Waals surface area (Å²) in [6.45, 7) is 8.18. The van der Waals surface area contributed by atoms with E-state index in [-0.39, 0.29) is 12.6 Å². The molecule has 30 heavy (non-hydrogen) atoms. The van der Waals surface area contributed by atoms with E-state index in [2.05, 4.69) is 11.0 Å². The fourth-order valence-corrected chi connectivity index (χ4v) is 4.24. The molecule has 2 aromatic rings. The summed E-state index contributed by atoms with van der Waals surface area (Å²) >= 11 is 1.70. The minimum Gasteiger partial charge on any atom is -0.508 e. The van der Waals surface area contributed by atoms with Crippen LogP contribution in [0.5, 0.6) is 11.5 Å². The summed E-state index contributed by atoms with van der Waals surface area (Å²) in [7, 11) is 0. The molecule has 2 aromatic carbocycles. The average molecular weight is 432 g/mol. The van der Waals surface area contributed by atoms with E-state index in [0.717, 1.165) is 60.2 Å². The molecular formula is C23H29NO5S. The number of nitrogens with zero attached hydrogens (tertiary/aromatic N) is 1. The number of carbonyl (C=O) groups excluding carboxylic acids is 1. The highest BCUT2D eigenvalue weighted by molar-refractivity contribution is 7.98. The fourth-order valence-electron chi connectivity index (χ4n) is 3.31. The quantitative estimate of drug-likeness (QED) is 0.479. The summed E-state index contributed by atoms with van der Waals surface area (Å²) in [6, 6.07) is 11.7. The van der Waals surface area contributed by atoms with Crippen LogP contribution in [0.3, 0.4) is 0 Å². The van der Waals surface area contributed by atoms with Crippen molar-refractivity contribution in [2.24, 2.45) is 0 Å². The SMILES string of the molecule is CCOC(=O)COc1ccc(SCc2cc(O)cc(CN3CCOCC3)c2)cc1C. The van der Waals surface area contributed by atoms with Gasteiger partial charge < -0.3 is 19.3 Å². The lowest BCUT2D eigenvalue weighted by molar-refractivity contribution is -0.145. The maximum Gasteiger partial charge on any atom is 0.344 e. The van der Waals surface area contributed by atoms with Crippen LogP contribution >= 0.6 is 11.8 Å². The van der Waals surface area contributed by atoms with Gasteiger partial charge in [-0.3, -0.25) is 4.90 Å². The van der Waals surface area contributed by atoms with Gasteiger partial charge in [0, 0.05) is 30.3 Å². The molecule has 1 saturated heterocycles. The molecule has 1 heterocycles. The van der Waals surface area contributed by atoms with E-state index in [1.165, 1.54) is 0 Å². The highest BCUT2D eigenvalue weighted by Gasteiger charge is 2.12. The molecule has 6 nitrogen and oxygen atoms in total. The first-order chi connectivity index (χ1) is 14.5. The third kappa shape index (κ3) is 6.93. The first kappa shape index (κ1) is 22.5. The molecule has 1 N–H and O–H groups in total. The number of rotatable bonds is 9. The number of ether oxygens (including phenoxy) is 3. The largest absolute Gasteiger partial charge is 0.508 e. The lowest BCUT2D eigenvalue weighted by atomic mass is 10.1. The average Bonchev–Trinajstić information content (AvgIpc) is 2.72. The summed E-state index contributed by atoms with van der Waals surface area (Å²) in [5.41, 5.74) is 3.17. The van der Waals surface area contributed by atoms with Crippen LogP contribution in [-0.4, -0.2) is 55.5 Å².